The maximum Gasteiger partial charge on any atom is 0.316 e. The molecule has 2 bridgehead atoms. The summed E-state index contributed by atoms with van der Waals surface area (Å²) in [5.74, 6) is 0.251. The van der Waals surface area contributed by atoms with Crippen LogP contribution in [0.2, 0.25) is 0 Å². The first-order valence-corrected chi connectivity index (χ1v) is 18.7. The van der Waals surface area contributed by atoms with Gasteiger partial charge in [-0.3, -0.25) is 15.0 Å². The molecule has 2 aromatic heterocycles. The number of nitrogens with zero attached hydrogens (tertiary/aromatic N) is 3. The Morgan fingerprint density at radius 2 is 2.06 bits per heavy atom. The molecular formula is C35H41BrN4O5S2. The van der Waals surface area contributed by atoms with E-state index in [4.69, 9.17) is 4.74 Å². The largest absolute Gasteiger partial charge is 0.507 e. The number of anilines is 1. The van der Waals surface area contributed by atoms with E-state index in [0.29, 0.717) is 28.3 Å². The number of thiophene rings is 1. The number of carbonyl (C=O) groups is 2. The maximum absolute atomic E-state index is 13.7. The van der Waals surface area contributed by atoms with E-state index in [2.05, 4.69) is 63.8 Å². The second-order valence-electron chi connectivity index (χ2n) is 13.9. The predicted molar refractivity (Wildman–Crippen MR) is 190 cm³/mol. The van der Waals surface area contributed by atoms with Gasteiger partial charge in [-0.2, -0.15) is 5.10 Å². The Kier molecular flexibility index (Phi) is 9.36. The fourth-order valence-electron chi connectivity index (χ4n) is 8.57. The second-order valence-corrected chi connectivity index (χ2v) is 16.6. The van der Waals surface area contributed by atoms with Crippen molar-refractivity contribution >= 4 is 73.0 Å². The van der Waals surface area contributed by atoms with E-state index >= 15 is 0 Å². The van der Waals surface area contributed by atoms with Gasteiger partial charge in [0.2, 0.25) is 0 Å². The summed E-state index contributed by atoms with van der Waals surface area (Å²) in [5, 5.41) is 29.0. The van der Waals surface area contributed by atoms with Crippen LogP contribution in [-0.4, -0.2) is 56.1 Å². The molecular weight excluding hydrogens is 700 g/mol. The van der Waals surface area contributed by atoms with Gasteiger partial charge < -0.3 is 14.9 Å². The van der Waals surface area contributed by atoms with E-state index in [9.17, 15) is 19.8 Å². The van der Waals surface area contributed by atoms with Gasteiger partial charge in [-0.15, -0.1) is 17.9 Å². The Bertz CT molecular complexity index is 1750. The van der Waals surface area contributed by atoms with Crippen molar-refractivity contribution in [2.75, 3.05) is 11.2 Å². The Labute approximate surface area is 291 Å². The number of thioether (sulfide) groups is 1. The van der Waals surface area contributed by atoms with Crippen LogP contribution in [0.4, 0.5) is 5.82 Å². The highest BCUT2D eigenvalue weighted by Gasteiger charge is 2.68. The molecule has 47 heavy (non-hydrogen) atoms. The number of esters is 1. The molecule has 250 valence electrons. The zero-order valence-electron chi connectivity index (χ0n) is 27.0. The number of hydrogen-bond donors (Lipinski definition) is 3. The third-order valence-electron chi connectivity index (χ3n) is 11.6. The summed E-state index contributed by atoms with van der Waals surface area (Å²) in [5.41, 5.74) is 2.19. The fourth-order valence-corrected chi connectivity index (χ4v) is 10.4. The monoisotopic (exact) mass is 740 g/mol. The van der Waals surface area contributed by atoms with Crippen LogP contribution in [-0.2, 0) is 14.3 Å². The molecule has 2 heterocycles. The number of nitrogens with one attached hydrogen (secondary N) is 1. The summed E-state index contributed by atoms with van der Waals surface area (Å²) in [7, 11) is 0. The summed E-state index contributed by atoms with van der Waals surface area (Å²) in [6.45, 7) is 12.5. The predicted octanol–water partition coefficient (Wildman–Crippen LogP) is 7.60. The van der Waals surface area contributed by atoms with E-state index in [1.165, 1.54) is 23.1 Å². The number of aliphatic hydroxyl groups excluding tert-OH is 1. The third kappa shape index (κ3) is 5.93. The van der Waals surface area contributed by atoms with Crippen LogP contribution in [0.1, 0.15) is 65.4 Å². The number of benzene rings is 1. The van der Waals surface area contributed by atoms with Crippen LogP contribution in [0.25, 0.3) is 10.2 Å². The second kappa shape index (κ2) is 12.9. The zero-order valence-corrected chi connectivity index (χ0v) is 30.3. The normalized spacial score (nSPS) is 33.7. The van der Waals surface area contributed by atoms with Crippen LogP contribution < -0.4 is 5.43 Å². The molecule has 3 N–H and O–H groups in total. The Morgan fingerprint density at radius 3 is 2.81 bits per heavy atom. The van der Waals surface area contributed by atoms with Gasteiger partial charge in [0.25, 0.3) is 0 Å². The van der Waals surface area contributed by atoms with Gasteiger partial charge in [-0.25, -0.2) is 9.97 Å². The number of Topliss-reactive ketones (excluding diaryl/α,β-unsaturated/α-hetero) is 1. The maximum atomic E-state index is 13.7. The minimum atomic E-state index is -0.711. The third-order valence-corrected chi connectivity index (χ3v) is 13.8. The zero-order chi connectivity index (χ0) is 33.7. The smallest absolute Gasteiger partial charge is 0.316 e. The number of carbonyl (C=O) groups excluding carboxylic acids is 2. The van der Waals surface area contributed by atoms with E-state index in [0.717, 1.165) is 35.0 Å². The Hall–Kier alpha value is -2.80. The van der Waals surface area contributed by atoms with Gasteiger partial charge in [0, 0.05) is 23.2 Å². The molecule has 3 fully saturated rings. The first kappa shape index (κ1) is 34.1. The standard InChI is InChI=1S/C35H41BrN4O5S2/c1-6-33(4)16-26(34(5)19(2)9-12-35(20(3)29(33)44)13-10-25(42)28(34)35)45-27(43)18-47-32-38-30(22-11-14-46-31(22)39-32)40-37-17-21-7-8-24(41)23(36)15-21/h6-8,11,14-15,17,19-20,26,28-29,41,44H,1,9-10,12-13,16,18H2,2-5H3,(H,38,39,40)/b37-17+/t19-,20+,26-,28+,29+,33-,34+,35+/m1/s1. The summed E-state index contributed by atoms with van der Waals surface area (Å²) < 4.78 is 6.96. The summed E-state index contributed by atoms with van der Waals surface area (Å²) >= 11 is 5.97. The van der Waals surface area contributed by atoms with Crippen LogP contribution >= 0.6 is 39.0 Å². The van der Waals surface area contributed by atoms with Crippen LogP contribution in [0.15, 0.2) is 57.0 Å². The number of aromatic nitrogens is 2. The van der Waals surface area contributed by atoms with Crippen LogP contribution in [0.3, 0.4) is 0 Å². The molecule has 8 atom stereocenters. The SMILES string of the molecule is C=C[C@]1(C)C[C@@H](OC(=O)CSc2nc(N/N=C/c3ccc(O)c(Br)c3)c3ccsc3n2)[C@]2(C)[C@H](C)CC[C@]3(CCC(=O)[C@H]32)[C@@H](C)[C@@H]1O. The molecule has 0 radical (unpaired) electrons. The molecule has 3 aromatic rings. The number of hydrogen-bond acceptors (Lipinski definition) is 11. The number of halogens is 1. The lowest BCUT2D eigenvalue weighted by Gasteiger charge is -2.61. The van der Waals surface area contributed by atoms with Gasteiger partial charge in [0.1, 0.15) is 22.5 Å². The fraction of sp³-hybridized carbons (Fsp3) is 0.514. The quantitative estimate of drug-likeness (QED) is 0.0533. The van der Waals surface area contributed by atoms with Crippen molar-refractivity contribution in [2.24, 2.45) is 39.1 Å². The molecule has 0 amide bonds. The number of rotatable bonds is 8. The van der Waals surface area contributed by atoms with E-state index in [-0.39, 0.29) is 40.5 Å². The van der Waals surface area contributed by atoms with Crippen molar-refractivity contribution in [3.63, 3.8) is 0 Å². The highest BCUT2D eigenvalue weighted by molar-refractivity contribution is 9.10. The van der Waals surface area contributed by atoms with Gasteiger partial charge in [-0.1, -0.05) is 45.5 Å². The van der Waals surface area contributed by atoms with E-state index < -0.39 is 29.0 Å². The number of ketones is 1. The lowest BCUT2D eigenvalue weighted by molar-refractivity contribution is -0.205. The molecule has 3 saturated carbocycles. The number of hydrazone groups is 1. The molecule has 12 heteroatoms. The molecule has 6 rings (SSSR count). The van der Waals surface area contributed by atoms with Crippen molar-refractivity contribution in [3.05, 3.63) is 52.3 Å². The molecule has 1 aromatic carbocycles. The van der Waals surface area contributed by atoms with E-state index in [1.807, 2.05) is 24.4 Å². The molecule has 0 aliphatic heterocycles. The number of ether oxygens (including phenoxy) is 1. The number of aliphatic hydroxyl groups is 1. The average molecular weight is 742 g/mol. The summed E-state index contributed by atoms with van der Waals surface area (Å²) in [6.07, 6.45) is 5.60. The topological polar surface area (TPSA) is 134 Å². The minimum Gasteiger partial charge on any atom is -0.507 e. The Balaban J connectivity index is 1.22. The van der Waals surface area contributed by atoms with Gasteiger partial charge in [-0.05, 0) is 94.1 Å². The van der Waals surface area contributed by atoms with Crippen LogP contribution in [0.5, 0.6) is 5.75 Å². The van der Waals surface area contributed by atoms with Gasteiger partial charge in [0.05, 0.1) is 27.9 Å². The van der Waals surface area contributed by atoms with Crippen molar-refractivity contribution in [1.82, 2.24) is 9.97 Å². The number of phenolic OH excluding ortho intramolecular Hbond substituents is 1. The lowest BCUT2D eigenvalue weighted by Crippen LogP contribution is -2.63. The minimum absolute atomic E-state index is 0.0183. The van der Waals surface area contributed by atoms with Crippen molar-refractivity contribution in [3.8, 4) is 5.75 Å². The van der Waals surface area contributed by atoms with Crippen LogP contribution in [0, 0.1) is 34.0 Å². The highest BCUT2D eigenvalue weighted by atomic mass is 79.9. The van der Waals surface area contributed by atoms with Gasteiger partial charge >= 0.3 is 5.97 Å². The molecule has 0 spiro atoms. The van der Waals surface area contributed by atoms with Crippen molar-refractivity contribution in [2.45, 2.75) is 77.2 Å². The number of fused-ring (bicyclic) bond motifs is 1. The van der Waals surface area contributed by atoms with Gasteiger partial charge in [0.15, 0.2) is 11.0 Å². The lowest BCUT2D eigenvalue weighted by atomic mass is 9.44. The first-order valence-electron chi connectivity index (χ1n) is 16.0. The first-order chi connectivity index (χ1) is 22.3. The number of phenols is 1. The highest BCUT2D eigenvalue weighted by Crippen LogP contribution is 2.68. The number of aromatic hydroxyl groups is 1. The Morgan fingerprint density at radius 1 is 1.28 bits per heavy atom. The molecule has 0 saturated heterocycles. The molecule has 0 unspecified atom stereocenters. The summed E-state index contributed by atoms with van der Waals surface area (Å²) in [4.78, 5) is 37.4. The van der Waals surface area contributed by atoms with E-state index in [1.54, 1.807) is 24.4 Å². The summed E-state index contributed by atoms with van der Waals surface area (Å²) in [6, 6.07) is 6.98. The molecule has 9 nitrogen and oxygen atoms in total. The average Bonchev–Trinajstić information content (AvgIpc) is 3.67. The van der Waals surface area contributed by atoms with Crippen molar-refractivity contribution < 1.29 is 24.5 Å². The molecule has 3 aliphatic rings. The van der Waals surface area contributed by atoms with Crippen molar-refractivity contribution in [1.29, 1.82) is 0 Å². The molecule has 3 aliphatic carbocycles.